The summed E-state index contributed by atoms with van der Waals surface area (Å²) >= 11 is 3.27. The van der Waals surface area contributed by atoms with Gasteiger partial charge >= 0.3 is 0 Å². The molecule has 0 spiro atoms. The van der Waals surface area contributed by atoms with Gasteiger partial charge in [0, 0.05) is 17.7 Å². The van der Waals surface area contributed by atoms with Gasteiger partial charge in [-0.25, -0.2) is 4.98 Å². The molecule has 5 nitrogen and oxygen atoms in total. The van der Waals surface area contributed by atoms with Gasteiger partial charge in [-0.1, -0.05) is 13.8 Å². The molecule has 2 amide bonds. The molecule has 0 aromatic carbocycles. The van der Waals surface area contributed by atoms with E-state index < -0.39 is 6.04 Å². The predicted octanol–water partition coefficient (Wildman–Crippen LogP) is 1.73. The van der Waals surface area contributed by atoms with Crippen molar-refractivity contribution in [2.24, 2.45) is 5.92 Å². The van der Waals surface area contributed by atoms with E-state index in [1.807, 2.05) is 13.8 Å². The van der Waals surface area contributed by atoms with E-state index in [1.54, 1.807) is 19.2 Å². The van der Waals surface area contributed by atoms with Gasteiger partial charge in [-0.3, -0.25) is 9.59 Å². The number of nitrogens with zero attached hydrogens (tertiary/aromatic N) is 1. The zero-order valence-corrected chi connectivity index (χ0v) is 12.8. The molecule has 0 bridgehead atoms. The van der Waals surface area contributed by atoms with Crippen LogP contribution in [-0.2, 0) is 4.79 Å². The van der Waals surface area contributed by atoms with Gasteiger partial charge in [-0.05, 0) is 40.4 Å². The summed E-state index contributed by atoms with van der Waals surface area (Å²) in [5.74, 6) is -0.259. The summed E-state index contributed by atoms with van der Waals surface area (Å²) in [4.78, 5) is 27.8. The summed E-state index contributed by atoms with van der Waals surface area (Å²) in [5, 5.41) is 5.27. The number of hydrogen-bond acceptors (Lipinski definition) is 3. The average Bonchev–Trinajstić information content (AvgIpc) is 2.36. The number of amides is 2. The van der Waals surface area contributed by atoms with Crippen molar-refractivity contribution in [3.8, 4) is 0 Å². The van der Waals surface area contributed by atoms with Gasteiger partial charge in [0.15, 0.2) is 0 Å². The van der Waals surface area contributed by atoms with Crippen molar-refractivity contribution in [3.63, 3.8) is 0 Å². The first-order valence-electron chi connectivity index (χ1n) is 6.08. The minimum atomic E-state index is -0.550. The molecule has 0 fully saturated rings. The van der Waals surface area contributed by atoms with Gasteiger partial charge < -0.3 is 10.6 Å². The largest absolute Gasteiger partial charge is 0.357 e. The standard InChI is InChI=1S/C13H18BrN3O2/c1-8(2)7-10(12(18)15-3)17-13(19)11-9(14)5-4-6-16-11/h4-6,8,10H,7H2,1-3H3,(H,15,18)(H,17,19). The molecule has 6 heteroatoms. The van der Waals surface area contributed by atoms with Crippen LogP contribution >= 0.6 is 15.9 Å². The van der Waals surface area contributed by atoms with Crippen molar-refractivity contribution in [2.75, 3.05) is 7.05 Å². The lowest BCUT2D eigenvalue weighted by molar-refractivity contribution is -0.122. The molecule has 2 N–H and O–H groups in total. The Morgan fingerprint density at radius 1 is 1.42 bits per heavy atom. The van der Waals surface area contributed by atoms with Crippen LogP contribution in [0.5, 0.6) is 0 Å². The molecule has 0 aliphatic rings. The van der Waals surface area contributed by atoms with Crippen LogP contribution in [-0.4, -0.2) is 29.9 Å². The van der Waals surface area contributed by atoms with Crippen LogP contribution in [0.4, 0.5) is 0 Å². The highest BCUT2D eigenvalue weighted by Gasteiger charge is 2.22. The van der Waals surface area contributed by atoms with Crippen molar-refractivity contribution in [1.82, 2.24) is 15.6 Å². The molecule has 1 aromatic rings. The summed E-state index contributed by atoms with van der Waals surface area (Å²) in [5.41, 5.74) is 0.278. The highest BCUT2D eigenvalue weighted by Crippen LogP contribution is 2.14. The van der Waals surface area contributed by atoms with E-state index in [1.165, 1.54) is 6.20 Å². The van der Waals surface area contributed by atoms with Crippen LogP contribution in [0.1, 0.15) is 30.8 Å². The number of halogens is 1. The van der Waals surface area contributed by atoms with Crippen LogP contribution in [0.3, 0.4) is 0 Å². The summed E-state index contributed by atoms with van der Waals surface area (Å²) in [6.45, 7) is 4.00. The molecule has 1 heterocycles. The molecule has 0 radical (unpaired) electrons. The third-order valence-electron chi connectivity index (χ3n) is 2.55. The Morgan fingerprint density at radius 2 is 2.11 bits per heavy atom. The average molecular weight is 328 g/mol. The van der Waals surface area contributed by atoms with E-state index in [4.69, 9.17) is 0 Å². The second kappa shape index (κ2) is 7.23. The van der Waals surface area contributed by atoms with E-state index in [-0.39, 0.29) is 17.5 Å². The Bertz CT molecular complexity index is 463. The zero-order chi connectivity index (χ0) is 14.4. The van der Waals surface area contributed by atoms with Gasteiger partial charge in [0.25, 0.3) is 5.91 Å². The van der Waals surface area contributed by atoms with E-state index in [0.29, 0.717) is 16.8 Å². The lowest BCUT2D eigenvalue weighted by Crippen LogP contribution is -2.46. The fourth-order valence-corrected chi connectivity index (χ4v) is 2.09. The summed E-state index contributed by atoms with van der Waals surface area (Å²) in [6.07, 6.45) is 2.12. The van der Waals surface area contributed by atoms with E-state index in [9.17, 15) is 9.59 Å². The quantitative estimate of drug-likeness (QED) is 0.865. The first-order chi connectivity index (χ1) is 8.95. The van der Waals surface area contributed by atoms with E-state index in [0.717, 1.165) is 0 Å². The number of hydrogen-bond donors (Lipinski definition) is 2. The van der Waals surface area contributed by atoms with Gasteiger partial charge in [-0.2, -0.15) is 0 Å². The molecule has 19 heavy (non-hydrogen) atoms. The monoisotopic (exact) mass is 327 g/mol. The topological polar surface area (TPSA) is 71.1 Å². The first kappa shape index (κ1) is 15.6. The SMILES string of the molecule is CNC(=O)C(CC(C)C)NC(=O)c1ncccc1Br. The number of nitrogens with one attached hydrogen (secondary N) is 2. The van der Waals surface area contributed by atoms with Crippen molar-refractivity contribution in [3.05, 3.63) is 28.5 Å². The summed E-state index contributed by atoms with van der Waals surface area (Å²) in [6, 6.07) is 2.91. The van der Waals surface area contributed by atoms with Crippen molar-refractivity contribution < 1.29 is 9.59 Å². The molecular formula is C13H18BrN3O2. The van der Waals surface area contributed by atoms with Crippen LogP contribution in [0.25, 0.3) is 0 Å². The lowest BCUT2D eigenvalue weighted by Gasteiger charge is -2.19. The minimum absolute atomic E-state index is 0.200. The molecule has 1 rings (SSSR count). The number of likely N-dealkylation sites (N-methyl/N-ethyl adjacent to an activating group) is 1. The number of rotatable bonds is 5. The maximum Gasteiger partial charge on any atom is 0.271 e. The maximum atomic E-state index is 12.1. The van der Waals surface area contributed by atoms with Crippen molar-refractivity contribution >= 4 is 27.7 Å². The molecule has 1 atom stereocenters. The van der Waals surface area contributed by atoms with Gasteiger partial charge in [0.05, 0.1) is 0 Å². The molecule has 0 saturated heterocycles. The lowest BCUT2D eigenvalue weighted by atomic mass is 10.0. The van der Waals surface area contributed by atoms with Crippen molar-refractivity contribution in [1.29, 1.82) is 0 Å². The normalized spacial score (nSPS) is 12.1. The van der Waals surface area contributed by atoms with E-state index in [2.05, 4.69) is 31.5 Å². The fourth-order valence-electron chi connectivity index (χ4n) is 1.66. The van der Waals surface area contributed by atoms with Crippen LogP contribution in [0.15, 0.2) is 22.8 Å². The van der Waals surface area contributed by atoms with Crippen LogP contribution in [0, 0.1) is 5.92 Å². The fraction of sp³-hybridized carbons (Fsp3) is 0.462. The number of pyridine rings is 1. The number of carbonyl (C=O) groups is 2. The molecular weight excluding hydrogens is 310 g/mol. The molecule has 1 unspecified atom stereocenters. The molecule has 0 aliphatic heterocycles. The Balaban J connectivity index is 2.82. The van der Waals surface area contributed by atoms with Crippen LogP contribution in [0.2, 0.25) is 0 Å². The molecule has 0 saturated carbocycles. The van der Waals surface area contributed by atoms with Gasteiger partial charge in [-0.15, -0.1) is 0 Å². The van der Waals surface area contributed by atoms with Gasteiger partial charge in [0.1, 0.15) is 11.7 Å². The Labute approximate surface area is 121 Å². The van der Waals surface area contributed by atoms with Crippen molar-refractivity contribution in [2.45, 2.75) is 26.3 Å². The van der Waals surface area contributed by atoms with Crippen LogP contribution < -0.4 is 10.6 Å². The summed E-state index contributed by atoms with van der Waals surface area (Å²) in [7, 11) is 1.55. The Morgan fingerprint density at radius 3 is 2.63 bits per heavy atom. The third-order valence-corrected chi connectivity index (χ3v) is 3.19. The highest BCUT2D eigenvalue weighted by atomic mass is 79.9. The third kappa shape index (κ3) is 4.63. The maximum absolute atomic E-state index is 12.1. The zero-order valence-electron chi connectivity index (χ0n) is 11.2. The second-order valence-electron chi connectivity index (χ2n) is 4.60. The number of aromatic nitrogens is 1. The van der Waals surface area contributed by atoms with E-state index >= 15 is 0 Å². The second-order valence-corrected chi connectivity index (χ2v) is 5.46. The smallest absolute Gasteiger partial charge is 0.271 e. The number of carbonyl (C=O) groups excluding carboxylic acids is 2. The minimum Gasteiger partial charge on any atom is -0.357 e. The Hall–Kier alpha value is -1.43. The van der Waals surface area contributed by atoms with Gasteiger partial charge in [0.2, 0.25) is 5.91 Å². The first-order valence-corrected chi connectivity index (χ1v) is 6.88. The predicted molar refractivity (Wildman–Crippen MR) is 76.7 cm³/mol. The Kier molecular flexibility index (Phi) is 5.95. The summed E-state index contributed by atoms with van der Waals surface area (Å²) < 4.78 is 0.604. The molecule has 104 valence electrons. The molecule has 1 aromatic heterocycles. The molecule has 0 aliphatic carbocycles. The highest BCUT2D eigenvalue weighted by molar-refractivity contribution is 9.10.